The summed E-state index contributed by atoms with van der Waals surface area (Å²) in [7, 11) is 0. The molecular weight excluding hydrogens is 819 g/mol. The standard InChI is InChI=1S/C61H35N5O/c1-2-15-38-31-41(26-25-36(38)13-1)59-62-60(64-61(63-59)66-52-22-10-7-19-46(52)47-20-8-11-23-53(47)66)51-34-42-32-43(28-30-44(42)56-49-21-9-12-24-55(49)67-58(51)56)65-54-35-40-17-4-3-16-39(40)33-50(54)48-29-27-37-14-5-6-18-45(37)57(48)65/h1-35H. The first kappa shape index (κ1) is 36.2. The number of para-hydroxylation sites is 3. The number of rotatable bonds is 4. The summed E-state index contributed by atoms with van der Waals surface area (Å²) in [5.41, 5.74) is 8.69. The third-order valence-electron chi connectivity index (χ3n) is 13.9. The SMILES string of the molecule is c1ccc2cc(-c3nc(-c4cc5cc(-n6c7cc8ccccc8cc7c7ccc8ccccc8c76)ccc5c5c4oc4ccccc45)nc(-n4c5ccccc5c5ccccc54)n3)ccc2c1. The lowest BCUT2D eigenvalue weighted by atomic mass is 9.99. The van der Waals surface area contributed by atoms with Gasteiger partial charge in [-0.1, -0.05) is 158 Å². The van der Waals surface area contributed by atoms with Crippen molar-refractivity contribution in [1.82, 2.24) is 24.1 Å². The molecule has 0 N–H and O–H groups in total. The predicted octanol–water partition coefficient (Wildman–Crippen LogP) is 15.9. The van der Waals surface area contributed by atoms with Crippen molar-refractivity contribution in [3.05, 3.63) is 212 Å². The topological polar surface area (TPSA) is 61.7 Å². The summed E-state index contributed by atoms with van der Waals surface area (Å²) in [6, 6.07) is 75.7. The van der Waals surface area contributed by atoms with Crippen molar-refractivity contribution in [2.45, 2.75) is 0 Å². The van der Waals surface area contributed by atoms with Gasteiger partial charge in [-0.05, 0) is 92.3 Å². The molecule has 0 saturated heterocycles. The van der Waals surface area contributed by atoms with Crippen LogP contribution in [0.5, 0.6) is 0 Å². The molecule has 0 atom stereocenters. The Kier molecular flexibility index (Phi) is 7.40. The van der Waals surface area contributed by atoms with Crippen molar-refractivity contribution >= 4 is 109 Å². The summed E-state index contributed by atoms with van der Waals surface area (Å²) in [5.74, 6) is 1.64. The van der Waals surface area contributed by atoms with E-state index in [-0.39, 0.29) is 0 Å². The van der Waals surface area contributed by atoms with Crippen molar-refractivity contribution in [1.29, 1.82) is 0 Å². The summed E-state index contributed by atoms with van der Waals surface area (Å²) < 4.78 is 11.5. The summed E-state index contributed by atoms with van der Waals surface area (Å²) in [5, 5.41) is 16.0. The Bertz CT molecular complexity index is 4540. The van der Waals surface area contributed by atoms with E-state index >= 15 is 0 Å². The number of nitrogens with zero attached hydrogens (tertiary/aromatic N) is 5. The van der Waals surface area contributed by atoms with Gasteiger partial charge in [-0.2, -0.15) is 9.97 Å². The minimum Gasteiger partial charge on any atom is -0.455 e. The molecule has 4 heterocycles. The van der Waals surface area contributed by atoms with Gasteiger partial charge in [0, 0.05) is 49.0 Å². The number of fused-ring (bicyclic) bond motifs is 15. The second-order valence-corrected chi connectivity index (χ2v) is 17.6. The Hall–Kier alpha value is -9.13. The van der Waals surface area contributed by atoms with E-state index in [1.807, 2.05) is 12.1 Å². The first-order chi connectivity index (χ1) is 33.2. The molecule has 0 aliphatic heterocycles. The Labute approximate surface area is 382 Å². The van der Waals surface area contributed by atoms with Gasteiger partial charge in [0.2, 0.25) is 5.95 Å². The van der Waals surface area contributed by atoms with Crippen LogP contribution in [-0.2, 0) is 0 Å². The lowest BCUT2D eigenvalue weighted by Gasteiger charge is -2.14. The van der Waals surface area contributed by atoms with Crippen molar-refractivity contribution in [2.24, 2.45) is 0 Å². The van der Waals surface area contributed by atoms with Gasteiger partial charge in [0.1, 0.15) is 11.2 Å². The van der Waals surface area contributed by atoms with Gasteiger partial charge in [-0.25, -0.2) is 4.98 Å². The van der Waals surface area contributed by atoms with Crippen LogP contribution in [0.1, 0.15) is 0 Å². The Morgan fingerprint density at radius 2 is 0.955 bits per heavy atom. The van der Waals surface area contributed by atoms with Crippen LogP contribution in [0.15, 0.2) is 217 Å². The van der Waals surface area contributed by atoms with Gasteiger partial charge in [0.05, 0.1) is 27.6 Å². The van der Waals surface area contributed by atoms with Crippen LogP contribution in [0, 0.1) is 0 Å². The van der Waals surface area contributed by atoms with E-state index in [0.29, 0.717) is 17.6 Å². The normalized spacial score (nSPS) is 12.2. The van der Waals surface area contributed by atoms with E-state index in [1.54, 1.807) is 0 Å². The molecule has 0 spiro atoms. The fourth-order valence-corrected chi connectivity index (χ4v) is 10.8. The highest BCUT2D eigenvalue weighted by molar-refractivity contribution is 6.24. The maximum atomic E-state index is 6.91. The first-order valence-electron chi connectivity index (χ1n) is 22.7. The van der Waals surface area contributed by atoms with Crippen molar-refractivity contribution in [3.63, 3.8) is 0 Å². The van der Waals surface area contributed by atoms with Crippen LogP contribution in [0.4, 0.5) is 0 Å². The molecule has 15 rings (SSSR count). The van der Waals surface area contributed by atoms with Crippen molar-refractivity contribution in [3.8, 4) is 34.4 Å². The molecule has 15 aromatic rings. The minimum absolute atomic E-state index is 0.528. The molecule has 6 nitrogen and oxygen atoms in total. The molecule has 0 unspecified atom stereocenters. The highest BCUT2D eigenvalue weighted by Crippen LogP contribution is 2.44. The first-order valence-corrected chi connectivity index (χ1v) is 22.7. The van der Waals surface area contributed by atoms with Gasteiger partial charge in [0.15, 0.2) is 11.6 Å². The van der Waals surface area contributed by atoms with Crippen molar-refractivity contribution < 1.29 is 4.42 Å². The molecule has 0 amide bonds. The largest absolute Gasteiger partial charge is 0.455 e. The molecule has 310 valence electrons. The Balaban J connectivity index is 1.05. The molecule has 0 radical (unpaired) electrons. The molecule has 67 heavy (non-hydrogen) atoms. The third kappa shape index (κ3) is 5.29. The predicted molar refractivity (Wildman–Crippen MR) is 277 cm³/mol. The monoisotopic (exact) mass is 853 g/mol. The van der Waals surface area contributed by atoms with E-state index in [1.165, 1.54) is 37.8 Å². The zero-order chi connectivity index (χ0) is 43.7. The van der Waals surface area contributed by atoms with E-state index in [2.05, 4.69) is 209 Å². The van der Waals surface area contributed by atoms with Gasteiger partial charge in [-0.15, -0.1) is 0 Å². The second kappa shape index (κ2) is 13.7. The fraction of sp³-hybridized carbons (Fsp3) is 0. The average Bonchev–Trinajstić information content (AvgIpc) is 4.05. The van der Waals surface area contributed by atoms with Gasteiger partial charge >= 0.3 is 0 Å². The van der Waals surface area contributed by atoms with Gasteiger partial charge < -0.3 is 8.98 Å². The zero-order valence-corrected chi connectivity index (χ0v) is 35.9. The molecule has 0 aliphatic carbocycles. The summed E-state index contributed by atoms with van der Waals surface area (Å²) in [4.78, 5) is 16.2. The number of benzene rings is 11. The van der Waals surface area contributed by atoms with Gasteiger partial charge in [0.25, 0.3) is 0 Å². The maximum absolute atomic E-state index is 6.91. The molecule has 0 bridgehead atoms. The summed E-state index contributed by atoms with van der Waals surface area (Å²) >= 11 is 0. The Morgan fingerprint density at radius 3 is 1.75 bits per heavy atom. The smallest absolute Gasteiger partial charge is 0.238 e. The molecule has 11 aromatic carbocycles. The molecule has 0 aliphatic rings. The molecule has 0 saturated carbocycles. The zero-order valence-electron chi connectivity index (χ0n) is 35.9. The quantitative estimate of drug-likeness (QED) is 0.177. The highest BCUT2D eigenvalue weighted by atomic mass is 16.3. The number of hydrogen-bond donors (Lipinski definition) is 0. The van der Waals surface area contributed by atoms with Crippen LogP contribution in [-0.4, -0.2) is 24.1 Å². The number of furan rings is 1. The van der Waals surface area contributed by atoms with Crippen LogP contribution in [0.25, 0.3) is 143 Å². The molecule has 4 aromatic heterocycles. The van der Waals surface area contributed by atoms with E-state index in [0.717, 1.165) is 87.6 Å². The molecule has 0 fully saturated rings. The summed E-state index contributed by atoms with van der Waals surface area (Å²) in [6.45, 7) is 0. The van der Waals surface area contributed by atoms with E-state index in [9.17, 15) is 0 Å². The fourth-order valence-electron chi connectivity index (χ4n) is 10.8. The minimum atomic E-state index is 0.528. The maximum Gasteiger partial charge on any atom is 0.238 e. The number of hydrogen-bond acceptors (Lipinski definition) is 4. The Morgan fingerprint density at radius 1 is 0.343 bits per heavy atom. The molecular formula is C61H35N5O. The second-order valence-electron chi connectivity index (χ2n) is 17.6. The van der Waals surface area contributed by atoms with E-state index in [4.69, 9.17) is 19.4 Å². The lowest BCUT2D eigenvalue weighted by molar-refractivity contribution is 0.669. The molecule has 6 heteroatoms. The number of aromatic nitrogens is 5. The van der Waals surface area contributed by atoms with Crippen LogP contribution in [0.2, 0.25) is 0 Å². The third-order valence-corrected chi connectivity index (χ3v) is 13.9. The van der Waals surface area contributed by atoms with Crippen LogP contribution < -0.4 is 0 Å². The lowest BCUT2D eigenvalue weighted by Crippen LogP contribution is -2.06. The van der Waals surface area contributed by atoms with Crippen molar-refractivity contribution in [2.75, 3.05) is 0 Å². The van der Waals surface area contributed by atoms with Crippen LogP contribution in [0.3, 0.4) is 0 Å². The van der Waals surface area contributed by atoms with Crippen LogP contribution >= 0.6 is 0 Å². The average molecular weight is 854 g/mol. The van der Waals surface area contributed by atoms with Gasteiger partial charge in [-0.3, -0.25) is 4.57 Å². The highest BCUT2D eigenvalue weighted by Gasteiger charge is 2.24. The summed E-state index contributed by atoms with van der Waals surface area (Å²) in [6.07, 6.45) is 0. The van der Waals surface area contributed by atoms with E-state index < -0.39 is 0 Å².